The number of nitrogens with one attached hydrogen (secondary N) is 1. The van der Waals surface area contributed by atoms with E-state index >= 15 is 0 Å². The van der Waals surface area contributed by atoms with Crippen molar-refractivity contribution in [3.63, 3.8) is 0 Å². The SMILES string of the molecule is CCc1ccnc(NC(=O)CN)c1. The zero-order valence-electron chi connectivity index (χ0n) is 7.58. The van der Waals surface area contributed by atoms with Crippen LogP contribution in [-0.4, -0.2) is 17.4 Å². The van der Waals surface area contributed by atoms with Gasteiger partial charge in [0, 0.05) is 6.20 Å². The number of nitrogens with zero attached hydrogens (tertiary/aromatic N) is 1. The summed E-state index contributed by atoms with van der Waals surface area (Å²) in [5.74, 6) is 0.343. The van der Waals surface area contributed by atoms with Gasteiger partial charge in [-0.25, -0.2) is 4.98 Å². The van der Waals surface area contributed by atoms with Gasteiger partial charge in [-0.05, 0) is 24.1 Å². The summed E-state index contributed by atoms with van der Waals surface area (Å²) in [6, 6.07) is 3.76. The van der Waals surface area contributed by atoms with Crippen molar-refractivity contribution in [2.24, 2.45) is 5.73 Å². The van der Waals surface area contributed by atoms with Crippen molar-refractivity contribution in [2.45, 2.75) is 13.3 Å². The topological polar surface area (TPSA) is 68.0 Å². The third kappa shape index (κ3) is 2.83. The first-order valence-corrected chi connectivity index (χ1v) is 4.21. The number of carbonyl (C=O) groups is 1. The van der Waals surface area contributed by atoms with Gasteiger partial charge in [0.25, 0.3) is 0 Å². The van der Waals surface area contributed by atoms with Crippen molar-refractivity contribution in [3.05, 3.63) is 23.9 Å². The van der Waals surface area contributed by atoms with E-state index in [4.69, 9.17) is 5.73 Å². The maximum absolute atomic E-state index is 10.9. The summed E-state index contributed by atoms with van der Waals surface area (Å²) in [4.78, 5) is 14.9. The standard InChI is InChI=1S/C9H13N3O/c1-2-7-3-4-11-8(5-7)12-9(13)6-10/h3-5H,2,6,10H2,1H3,(H,11,12,13). The molecule has 0 saturated carbocycles. The molecule has 4 heteroatoms. The molecule has 4 nitrogen and oxygen atoms in total. The van der Waals surface area contributed by atoms with Gasteiger partial charge in [-0.1, -0.05) is 6.92 Å². The lowest BCUT2D eigenvalue weighted by Gasteiger charge is -2.03. The lowest BCUT2D eigenvalue weighted by atomic mass is 10.2. The number of hydrogen-bond acceptors (Lipinski definition) is 3. The van der Waals surface area contributed by atoms with Crippen LogP contribution in [-0.2, 0) is 11.2 Å². The monoisotopic (exact) mass is 179 g/mol. The number of aromatic nitrogens is 1. The minimum atomic E-state index is -0.222. The van der Waals surface area contributed by atoms with E-state index in [9.17, 15) is 4.79 Å². The van der Waals surface area contributed by atoms with Gasteiger partial charge in [-0.15, -0.1) is 0 Å². The van der Waals surface area contributed by atoms with Crippen LogP contribution < -0.4 is 11.1 Å². The van der Waals surface area contributed by atoms with Gasteiger partial charge in [0.2, 0.25) is 5.91 Å². The Bertz CT molecular complexity index is 299. The Morgan fingerprint density at radius 3 is 3.08 bits per heavy atom. The first-order valence-electron chi connectivity index (χ1n) is 4.21. The minimum Gasteiger partial charge on any atom is -0.322 e. The Labute approximate surface area is 77.2 Å². The van der Waals surface area contributed by atoms with Crippen molar-refractivity contribution in [1.82, 2.24) is 4.98 Å². The second kappa shape index (κ2) is 4.57. The molecule has 1 aromatic rings. The molecular formula is C9H13N3O. The van der Waals surface area contributed by atoms with Crippen molar-refractivity contribution < 1.29 is 4.79 Å². The number of anilines is 1. The molecule has 0 radical (unpaired) electrons. The molecule has 1 amide bonds. The van der Waals surface area contributed by atoms with Crippen LogP contribution in [0, 0.1) is 0 Å². The van der Waals surface area contributed by atoms with Gasteiger partial charge >= 0.3 is 0 Å². The summed E-state index contributed by atoms with van der Waals surface area (Å²) >= 11 is 0. The molecule has 13 heavy (non-hydrogen) atoms. The van der Waals surface area contributed by atoms with Gasteiger partial charge in [0.15, 0.2) is 0 Å². The molecule has 0 saturated heterocycles. The molecule has 0 fully saturated rings. The van der Waals surface area contributed by atoms with Crippen molar-refractivity contribution in [2.75, 3.05) is 11.9 Å². The molecule has 0 aliphatic carbocycles. The number of carbonyl (C=O) groups excluding carboxylic acids is 1. The van der Waals surface area contributed by atoms with E-state index in [1.807, 2.05) is 19.1 Å². The third-order valence-electron chi connectivity index (χ3n) is 1.69. The molecule has 0 aliphatic heterocycles. The molecule has 1 aromatic heterocycles. The molecule has 0 unspecified atom stereocenters. The Balaban J connectivity index is 2.71. The second-order valence-electron chi connectivity index (χ2n) is 2.66. The van der Waals surface area contributed by atoms with E-state index in [-0.39, 0.29) is 12.5 Å². The number of pyridine rings is 1. The summed E-state index contributed by atoms with van der Waals surface area (Å²) in [5, 5.41) is 2.59. The van der Waals surface area contributed by atoms with Crippen LogP contribution in [0.3, 0.4) is 0 Å². The van der Waals surface area contributed by atoms with Crippen LogP contribution in [0.1, 0.15) is 12.5 Å². The van der Waals surface area contributed by atoms with E-state index in [1.54, 1.807) is 6.20 Å². The molecule has 0 aromatic carbocycles. The number of nitrogens with two attached hydrogens (primary N) is 1. The maximum Gasteiger partial charge on any atom is 0.239 e. The zero-order valence-corrected chi connectivity index (χ0v) is 7.58. The van der Waals surface area contributed by atoms with Crippen LogP contribution in [0.4, 0.5) is 5.82 Å². The molecule has 0 atom stereocenters. The Morgan fingerprint density at radius 1 is 1.69 bits per heavy atom. The fourth-order valence-electron chi connectivity index (χ4n) is 0.956. The predicted molar refractivity (Wildman–Crippen MR) is 51.3 cm³/mol. The number of aryl methyl sites for hydroxylation is 1. The van der Waals surface area contributed by atoms with Crippen LogP contribution in [0.2, 0.25) is 0 Å². The van der Waals surface area contributed by atoms with Gasteiger partial charge < -0.3 is 11.1 Å². The van der Waals surface area contributed by atoms with E-state index in [2.05, 4.69) is 10.3 Å². The number of hydrogen-bond donors (Lipinski definition) is 2. The molecule has 1 rings (SSSR count). The van der Waals surface area contributed by atoms with Gasteiger partial charge in [-0.2, -0.15) is 0 Å². The van der Waals surface area contributed by atoms with E-state index < -0.39 is 0 Å². The van der Waals surface area contributed by atoms with Crippen LogP contribution in [0.5, 0.6) is 0 Å². The quantitative estimate of drug-likeness (QED) is 0.711. The summed E-state index contributed by atoms with van der Waals surface area (Å²) in [6.07, 6.45) is 2.60. The average Bonchev–Trinajstić information content (AvgIpc) is 2.18. The molecule has 0 bridgehead atoms. The first-order chi connectivity index (χ1) is 6.26. The highest BCUT2D eigenvalue weighted by atomic mass is 16.1. The first kappa shape index (κ1) is 9.67. The molecule has 70 valence electrons. The second-order valence-corrected chi connectivity index (χ2v) is 2.66. The smallest absolute Gasteiger partial charge is 0.239 e. The normalized spacial score (nSPS) is 9.69. The van der Waals surface area contributed by atoms with Crippen LogP contribution in [0.15, 0.2) is 18.3 Å². The number of rotatable bonds is 3. The minimum absolute atomic E-state index is 0.0158. The summed E-state index contributed by atoms with van der Waals surface area (Å²) in [7, 11) is 0. The van der Waals surface area contributed by atoms with Crippen molar-refractivity contribution >= 4 is 11.7 Å². The zero-order chi connectivity index (χ0) is 9.68. The van der Waals surface area contributed by atoms with Gasteiger partial charge in [0.05, 0.1) is 6.54 Å². The molecule has 0 spiro atoms. The molecular weight excluding hydrogens is 166 g/mol. The predicted octanol–water partition coefficient (Wildman–Crippen LogP) is 0.541. The van der Waals surface area contributed by atoms with E-state index in [0.29, 0.717) is 5.82 Å². The fourth-order valence-corrected chi connectivity index (χ4v) is 0.956. The van der Waals surface area contributed by atoms with Crippen LogP contribution in [0.25, 0.3) is 0 Å². The van der Waals surface area contributed by atoms with Gasteiger partial charge in [0.1, 0.15) is 5.82 Å². The van der Waals surface area contributed by atoms with Crippen molar-refractivity contribution in [3.8, 4) is 0 Å². The molecule has 0 aliphatic rings. The Kier molecular flexibility index (Phi) is 3.40. The third-order valence-corrected chi connectivity index (χ3v) is 1.69. The highest BCUT2D eigenvalue weighted by Crippen LogP contribution is 2.06. The van der Waals surface area contributed by atoms with E-state index in [0.717, 1.165) is 12.0 Å². The molecule has 1 heterocycles. The average molecular weight is 179 g/mol. The van der Waals surface area contributed by atoms with E-state index in [1.165, 1.54) is 0 Å². The highest BCUT2D eigenvalue weighted by molar-refractivity contribution is 5.91. The van der Waals surface area contributed by atoms with Crippen LogP contribution >= 0.6 is 0 Å². The lowest BCUT2D eigenvalue weighted by Crippen LogP contribution is -2.22. The largest absolute Gasteiger partial charge is 0.322 e. The molecule has 3 N–H and O–H groups in total. The van der Waals surface area contributed by atoms with Gasteiger partial charge in [-0.3, -0.25) is 4.79 Å². The lowest BCUT2D eigenvalue weighted by molar-refractivity contribution is -0.114. The Morgan fingerprint density at radius 2 is 2.46 bits per heavy atom. The maximum atomic E-state index is 10.9. The fraction of sp³-hybridized carbons (Fsp3) is 0.333. The number of amides is 1. The summed E-state index contributed by atoms with van der Waals surface area (Å²) < 4.78 is 0. The van der Waals surface area contributed by atoms with Crippen molar-refractivity contribution in [1.29, 1.82) is 0 Å². The highest BCUT2D eigenvalue weighted by Gasteiger charge is 1.99. The Hall–Kier alpha value is -1.42. The summed E-state index contributed by atoms with van der Waals surface area (Å²) in [6.45, 7) is 2.03. The summed E-state index contributed by atoms with van der Waals surface area (Å²) in [5.41, 5.74) is 6.29.